The van der Waals surface area contributed by atoms with Crippen LogP contribution in [-0.2, 0) is 23.2 Å². The predicted molar refractivity (Wildman–Crippen MR) is 152 cm³/mol. The molecule has 2 amide bonds. The second-order valence-electron chi connectivity index (χ2n) is 11.4. The maximum absolute atomic E-state index is 13.8. The topological polar surface area (TPSA) is 69.6 Å². The molecule has 6 heteroatoms. The molecule has 38 heavy (non-hydrogen) atoms. The van der Waals surface area contributed by atoms with Gasteiger partial charge in [0.1, 0.15) is 6.54 Å². The molecule has 0 aliphatic rings. The van der Waals surface area contributed by atoms with E-state index in [4.69, 9.17) is 4.42 Å². The average Bonchev–Trinajstić information content (AvgIpc) is 3.56. The summed E-state index contributed by atoms with van der Waals surface area (Å²) in [5.41, 5.74) is 4.65. The number of para-hydroxylation sites is 1. The van der Waals surface area contributed by atoms with Crippen molar-refractivity contribution >= 4 is 22.7 Å². The molecular formula is C32H39N3O3. The van der Waals surface area contributed by atoms with Gasteiger partial charge in [0, 0.05) is 36.7 Å². The molecule has 2 aromatic carbocycles. The van der Waals surface area contributed by atoms with Gasteiger partial charge in [0.15, 0.2) is 5.76 Å². The maximum Gasteiger partial charge on any atom is 0.290 e. The zero-order valence-corrected chi connectivity index (χ0v) is 23.2. The van der Waals surface area contributed by atoms with Gasteiger partial charge in [-0.2, -0.15) is 0 Å². The minimum atomic E-state index is -0.261. The number of carbonyl (C=O) groups is 2. The molecule has 0 saturated heterocycles. The van der Waals surface area contributed by atoms with E-state index in [9.17, 15) is 9.59 Å². The lowest BCUT2D eigenvalue weighted by Gasteiger charge is -2.28. The molecule has 1 N–H and O–H groups in total. The fourth-order valence-corrected chi connectivity index (χ4v) is 4.70. The summed E-state index contributed by atoms with van der Waals surface area (Å²) in [6.07, 6.45) is 4.22. The molecule has 0 atom stereocenters. The van der Waals surface area contributed by atoms with Gasteiger partial charge in [0.25, 0.3) is 5.91 Å². The molecule has 2 heterocycles. The van der Waals surface area contributed by atoms with E-state index < -0.39 is 0 Å². The number of carbonyl (C=O) groups excluding carboxylic acids is 2. The minimum Gasteiger partial charge on any atom is -0.459 e. The third-order valence-electron chi connectivity index (χ3n) is 6.80. The highest BCUT2D eigenvalue weighted by Crippen LogP contribution is 2.23. The Kier molecular flexibility index (Phi) is 8.40. The number of rotatable bonds is 10. The predicted octanol–water partition coefficient (Wildman–Crippen LogP) is 6.43. The van der Waals surface area contributed by atoms with Crippen LogP contribution in [0.1, 0.15) is 61.9 Å². The van der Waals surface area contributed by atoms with E-state index in [2.05, 4.69) is 62.2 Å². The van der Waals surface area contributed by atoms with Gasteiger partial charge in [-0.15, -0.1) is 0 Å². The molecule has 4 rings (SSSR count). The number of aromatic amines is 1. The van der Waals surface area contributed by atoms with E-state index in [1.807, 2.05) is 37.1 Å². The van der Waals surface area contributed by atoms with Crippen LogP contribution in [0.2, 0.25) is 0 Å². The molecule has 0 aliphatic carbocycles. The van der Waals surface area contributed by atoms with Crippen molar-refractivity contribution in [3.05, 3.63) is 95.6 Å². The van der Waals surface area contributed by atoms with Crippen LogP contribution in [0.15, 0.2) is 77.5 Å². The highest BCUT2D eigenvalue weighted by Gasteiger charge is 2.25. The average molecular weight is 514 g/mol. The minimum absolute atomic E-state index is 0.00563. The Hall–Kier alpha value is -3.80. The lowest BCUT2D eigenvalue weighted by atomic mass is 9.87. The number of fused-ring (bicyclic) bond motifs is 1. The van der Waals surface area contributed by atoms with Crippen molar-refractivity contribution in [2.75, 3.05) is 19.6 Å². The van der Waals surface area contributed by atoms with E-state index in [0.717, 1.165) is 11.1 Å². The lowest BCUT2D eigenvalue weighted by molar-refractivity contribution is -0.132. The first-order valence-electron chi connectivity index (χ1n) is 13.4. The van der Waals surface area contributed by atoms with E-state index in [-0.39, 0.29) is 35.5 Å². The molecule has 200 valence electrons. The summed E-state index contributed by atoms with van der Waals surface area (Å²) in [6.45, 7) is 12.2. The molecule has 2 aromatic heterocycles. The first-order valence-corrected chi connectivity index (χ1v) is 13.4. The summed E-state index contributed by atoms with van der Waals surface area (Å²) in [4.78, 5) is 33.7. The Morgan fingerprint density at radius 3 is 2.34 bits per heavy atom. The summed E-state index contributed by atoms with van der Waals surface area (Å²) < 4.78 is 5.35. The molecule has 0 radical (unpaired) electrons. The van der Waals surface area contributed by atoms with Gasteiger partial charge in [0.2, 0.25) is 5.91 Å². The van der Waals surface area contributed by atoms with Crippen LogP contribution in [0.5, 0.6) is 0 Å². The Morgan fingerprint density at radius 2 is 1.68 bits per heavy atom. The highest BCUT2D eigenvalue weighted by atomic mass is 16.3. The van der Waals surface area contributed by atoms with Crippen LogP contribution in [0, 0.1) is 5.92 Å². The van der Waals surface area contributed by atoms with Gasteiger partial charge in [-0.3, -0.25) is 9.59 Å². The second-order valence-corrected chi connectivity index (χ2v) is 11.4. The van der Waals surface area contributed by atoms with Crippen molar-refractivity contribution in [2.24, 2.45) is 5.92 Å². The molecular weight excluding hydrogens is 474 g/mol. The summed E-state index contributed by atoms with van der Waals surface area (Å²) in [6, 6.07) is 20.0. The van der Waals surface area contributed by atoms with Crippen molar-refractivity contribution in [1.29, 1.82) is 0 Å². The summed E-state index contributed by atoms with van der Waals surface area (Å²) in [5.74, 6) is 0.126. The van der Waals surface area contributed by atoms with Crippen molar-refractivity contribution in [3.63, 3.8) is 0 Å². The van der Waals surface area contributed by atoms with Crippen LogP contribution < -0.4 is 0 Å². The molecule has 0 fully saturated rings. The Labute approximate surface area is 225 Å². The zero-order valence-electron chi connectivity index (χ0n) is 23.2. The monoisotopic (exact) mass is 513 g/mol. The van der Waals surface area contributed by atoms with E-state index in [1.54, 1.807) is 17.0 Å². The van der Waals surface area contributed by atoms with E-state index >= 15 is 0 Å². The van der Waals surface area contributed by atoms with Crippen LogP contribution in [0.3, 0.4) is 0 Å². The second kappa shape index (κ2) is 11.7. The molecule has 4 aromatic rings. The molecule has 0 spiro atoms. The van der Waals surface area contributed by atoms with E-state index in [0.29, 0.717) is 26.1 Å². The van der Waals surface area contributed by atoms with Crippen LogP contribution in [-0.4, -0.2) is 46.2 Å². The Morgan fingerprint density at radius 1 is 0.947 bits per heavy atom. The first-order chi connectivity index (χ1) is 18.1. The SMILES string of the molecule is CC(C)CN(CC(=O)N(CCc1c[nH]c2ccccc12)Cc1ccc(C(C)(C)C)cc1)C(=O)c1ccco1. The van der Waals surface area contributed by atoms with Gasteiger partial charge in [0.05, 0.1) is 6.26 Å². The fourth-order valence-electron chi connectivity index (χ4n) is 4.70. The Bertz CT molecular complexity index is 1340. The number of nitrogens with one attached hydrogen (secondary N) is 1. The van der Waals surface area contributed by atoms with Crippen molar-refractivity contribution in [3.8, 4) is 0 Å². The third kappa shape index (κ3) is 6.74. The van der Waals surface area contributed by atoms with Crippen LogP contribution in [0.4, 0.5) is 0 Å². The Balaban J connectivity index is 1.55. The number of hydrogen-bond acceptors (Lipinski definition) is 3. The number of amides is 2. The number of H-pyrrole nitrogens is 1. The molecule has 0 bridgehead atoms. The fraction of sp³-hybridized carbons (Fsp3) is 0.375. The molecule has 6 nitrogen and oxygen atoms in total. The summed E-state index contributed by atoms with van der Waals surface area (Å²) >= 11 is 0. The zero-order chi connectivity index (χ0) is 27.3. The summed E-state index contributed by atoms with van der Waals surface area (Å²) in [5, 5.41) is 1.17. The largest absolute Gasteiger partial charge is 0.459 e. The van der Waals surface area contributed by atoms with Crippen molar-refractivity contribution in [2.45, 2.75) is 53.0 Å². The van der Waals surface area contributed by atoms with Gasteiger partial charge < -0.3 is 19.2 Å². The number of nitrogens with zero attached hydrogens (tertiary/aromatic N) is 2. The quantitative estimate of drug-likeness (QED) is 0.266. The van der Waals surface area contributed by atoms with Gasteiger partial charge >= 0.3 is 0 Å². The lowest BCUT2D eigenvalue weighted by Crippen LogP contribution is -2.44. The van der Waals surface area contributed by atoms with E-state index in [1.165, 1.54) is 22.8 Å². The van der Waals surface area contributed by atoms with Gasteiger partial charge in [-0.25, -0.2) is 0 Å². The summed E-state index contributed by atoms with van der Waals surface area (Å²) in [7, 11) is 0. The van der Waals surface area contributed by atoms with Crippen LogP contribution in [0.25, 0.3) is 10.9 Å². The standard InChI is InChI=1S/C32H39N3O3/c1-23(2)20-35(31(37)29-11-8-18-38-29)22-30(36)34(21-24-12-14-26(15-13-24)32(3,4)5)17-16-25-19-33-28-10-7-6-9-27(25)28/h6-15,18-19,23,33H,16-17,20-22H2,1-5H3. The van der Waals surface area contributed by atoms with Crippen molar-refractivity contribution in [1.82, 2.24) is 14.8 Å². The van der Waals surface area contributed by atoms with Crippen LogP contribution >= 0.6 is 0 Å². The molecule has 0 aliphatic heterocycles. The maximum atomic E-state index is 13.8. The van der Waals surface area contributed by atoms with Gasteiger partial charge in [-0.05, 0) is 52.6 Å². The number of benzene rings is 2. The number of hydrogen-bond donors (Lipinski definition) is 1. The first kappa shape index (κ1) is 27.2. The molecule has 0 unspecified atom stereocenters. The number of aromatic nitrogens is 1. The van der Waals surface area contributed by atoms with Gasteiger partial charge in [-0.1, -0.05) is 77.1 Å². The normalized spacial score (nSPS) is 11.7. The van der Waals surface area contributed by atoms with Crippen molar-refractivity contribution < 1.29 is 14.0 Å². The number of furan rings is 1. The molecule has 0 saturated carbocycles. The third-order valence-corrected chi connectivity index (χ3v) is 6.80. The smallest absolute Gasteiger partial charge is 0.290 e. The highest BCUT2D eigenvalue weighted by molar-refractivity contribution is 5.94.